The van der Waals surface area contributed by atoms with E-state index in [0.717, 1.165) is 23.3 Å². The average Bonchev–Trinajstić information content (AvgIpc) is 2.97. The maximum atomic E-state index is 12.4. The summed E-state index contributed by atoms with van der Waals surface area (Å²) in [6.07, 6.45) is 2.18. The molecule has 1 N–H and O–H groups in total. The molecule has 8 heteroatoms. The Morgan fingerprint density at radius 2 is 1.69 bits per heavy atom. The molecule has 0 bridgehead atoms. The minimum Gasteiger partial charge on any atom is -0.497 e. The second kappa shape index (κ2) is 9.07. The molecule has 2 fully saturated rings. The van der Waals surface area contributed by atoms with Gasteiger partial charge in [-0.05, 0) is 37.5 Å². The highest BCUT2D eigenvalue weighted by atomic mass is 16.5. The number of carbonyl (C=O) groups excluding carboxylic acids is 4. The van der Waals surface area contributed by atoms with Crippen molar-refractivity contribution < 1.29 is 28.7 Å². The van der Waals surface area contributed by atoms with Gasteiger partial charge in [0.25, 0.3) is 5.91 Å². The zero-order valence-corrected chi connectivity index (χ0v) is 16.7. The first-order chi connectivity index (χ1) is 13.9. The number of ether oxygens (including phenoxy) is 2. The lowest BCUT2D eigenvalue weighted by Crippen LogP contribution is -2.40. The molecule has 1 aliphatic carbocycles. The Morgan fingerprint density at radius 1 is 1.10 bits per heavy atom. The second-order valence-electron chi connectivity index (χ2n) is 7.46. The molecule has 1 aromatic rings. The average molecular weight is 402 g/mol. The highest BCUT2D eigenvalue weighted by Gasteiger charge is 2.48. The van der Waals surface area contributed by atoms with Gasteiger partial charge in [0.2, 0.25) is 11.8 Å². The quantitative estimate of drug-likeness (QED) is 0.547. The maximum absolute atomic E-state index is 12.4. The van der Waals surface area contributed by atoms with E-state index in [4.69, 9.17) is 9.47 Å². The molecule has 2 aliphatic rings. The number of rotatable bonds is 7. The largest absolute Gasteiger partial charge is 0.497 e. The van der Waals surface area contributed by atoms with Crippen molar-refractivity contribution in [3.8, 4) is 5.75 Å². The van der Waals surface area contributed by atoms with Crippen molar-refractivity contribution in [2.75, 3.05) is 13.7 Å². The molecule has 0 unspecified atom stereocenters. The third-order valence-electron chi connectivity index (χ3n) is 5.52. The number of benzene rings is 1. The van der Waals surface area contributed by atoms with Crippen LogP contribution in [0.2, 0.25) is 0 Å². The van der Waals surface area contributed by atoms with Gasteiger partial charge in [-0.15, -0.1) is 0 Å². The van der Waals surface area contributed by atoms with E-state index in [-0.39, 0.29) is 30.2 Å². The smallest absolute Gasteiger partial charge is 0.326 e. The van der Waals surface area contributed by atoms with Gasteiger partial charge >= 0.3 is 5.97 Å². The van der Waals surface area contributed by atoms with Crippen molar-refractivity contribution in [1.82, 2.24) is 10.2 Å². The standard InChI is InChI=1S/C21H26N2O6/c1-13(19(25)22-11-14-7-9-15(28-2)10-8-14)29-18(24)12-23-20(26)16-5-3-4-6-17(16)21(23)27/h7-10,13,16-17H,3-6,11-12H2,1-2H3,(H,22,25)/t13-,16-,17+/m0/s1. The van der Waals surface area contributed by atoms with Crippen molar-refractivity contribution in [3.05, 3.63) is 29.8 Å². The van der Waals surface area contributed by atoms with E-state index in [1.165, 1.54) is 6.92 Å². The zero-order chi connectivity index (χ0) is 21.0. The molecular formula is C21H26N2O6. The number of amides is 3. The molecule has 3 atom stereocenters. The topological polar surface area (TPSA) is 102 Å². The van der Waals surface area contributed by atoms with Crippen molar-refractivity contribution in [2.45, 2.75) is 45.3 Å². The summed E-state index contributed by atoms with van der Waals surface area (Å²) in [5.74, 6) is -1.72. The SMILES string of the molecule is COc1ccc(CNC(=O)[C@H](C)OC(=O)CN2C(=O)[C@H]3CCCC[C@H]3C2=O)cc1. The third kappa shape index (κ3) is 4.75. The summed E-state index contributed by atoms with van der Waals surface area (Å²) in [6.45, 7) is 1.28. The number of likely N-dealkylation sites (tertiary alicyclic amines) is 1. The highest BCUT2D eigenvalue weighted by Crippen LogP contribution is 2.37. The van der Waals surface area contributed by atoms with Crippen LogP contribution in [0.3, 0.4) is 0 Å². The molecule has 29 heavy (non-hydrogen) atoms. The fourth-order valence-electron chi connectivity index (χ4n) is 3.88. The fraction of sp³-hybridized carbons (Fsp3) is 0.524. The van der Waals surface area contributed by atoms with E-state index < -0.39 is 24.5 Å². The first kappa shape index (κ1) is 20.8. The molecule has 1 heterocycles. The molecule has 3 rings (SSSR count). The molecule has 0 spiro atoms. The normalized spacial score (nSPS) is 22.1. The van der Waals surface area contributed by atoms with Crippen LogP contribution in [0.15, 0.2) is 24.3 Å². The number of nitrogens with zero attached hydrogens (tertiary/aromatic N) is 1. The van der Waals surface area contributed by atoms with Crippen molar-refractivity contribution in [1.29, 1.82) is 0 Å². The summed E-state index contributed by atoms with van der Waals surface area (Å²) >= 11 is 0. The van der Waals surface area contributed by atoms with E-state index in [0.29, 0.717) is 18.6 Å². The Hall–Kier alpha value is -2.90. The Kier molecular flexibility index (Phi) is 6.51. The molecule has 1 saturated carbocycles. The zero-order valence-electron chi connectivity index (χ0n) is 16.7. The van der Waals surface area contributed by atoms with Crippen molar-refractivity contribution in [3.63, 3.8) is 0 Å². The lowest BCUT2D eigenvalue weighted by molar-refractivity contribution is -0.159. The highest BCUT2D eigenvalue weighted by molar-refractivity contribution is 6.07. The molecule has 3 amide bonds. The molecule has 156 valence electrons. The number of nitrogens with one attached hydrogen (secondary N) is 1. The first-order valence-corrected chi connectivity index (χ1v) is 9.86. The summed E-state index contributed by atoms with van der Waals surface area (Å²) < 4.78 is 10.2. The Labute approximate surface area is 169 Å². The summed E-state index contributed by atoms with van der Waals surface area (Å²) in [5, 5.41) is 2.69. The predicted molar refractivity (Wildman–Crippen MR) is 103 cm³/mol. The van der Waals surface area contributed by atoms with Gasteiger partial charge in [-0.3, -0.25) is 24.1 Å². The molecular weight excluding hydrogens is 376 g/mol. The lowest BCUT2D eigenvalue weighted by Gasteiger charge is -2.19. The van der Waals surface area contributed by atoms with Crippen LogP contribution < -0.4 is 10.1 Å². The maximum Gasteiger partial charge on any atom is 0.326 e. The number of esters is 1. The van der Waals surface area contributed by atoms with Gasteiger partial charge in [-0.1, -0.05) is 25.0 Å². The number of methoxy groups -OCH3 is 1. The Bertz CT molecular complexity index is 767. The van der Waals surface area contributed by atoms with Gasteiger partial charge in [0.15, 0.2) is 6.10 Å². The van der Waals surface area contributed by atoms with Gasteiger partial charge < -0.3 is 14.8 Å². The van der Waals surface area contributed by atoms with Crippen molar-refractivity contribution in [2.24, 2.45) is 11.8 Å². The van der Waals surface area contributed by atoms with Crippen LogP contribution in [-0.4, -0.2) is 48.3 Å². The first-order valence-electron chi connectivity index (χ1n) is 9.86. The second-order valence-corrected chi connectivity index (χ2v) is 7.46. The van der Waals surface area contributed by atoms with Gasteiger partial charge in [0, 0.05) is 6.54 Å². The number of fused-ring (bicyclic) bond motifs is 1. The van der Waals surface area contributed by atoms with Gasteiger partial charge in [0.1, 0.15) is 12.3 Å². The van der Waals surface area contributed by atoms with Crippen LogP contribution in [0.5, 0.6) is 5.75 Å². The minimum absolute atomic E-state index is 0.275. The van der Waals surface area contributed by atoms with Crippen LogP contribution in [-0.2, 0) is 30.5 Å². The summed E-state index contributed by atoms with van der Waals surface area (Å²) in [6, 6.07) is 7.21. The van der Waals surface area contributed by atoms with Gasteiger partial charge in [0.05, 0.1) is 18.9 Å². The van der Waals surface area contributed by atoms with Crippen LogP contribution in [0.25, 0.3) is 0 Å². The molecule has 0 aromatic heterocycles. The van der Waals surface area contributed by atoms with E-state index in [1.807, 2.05) is 12.1 Å². The van der Waals surface area contributed by atoms with Gasteiger partial charge in [-0.25, -0.2) is 0 Å². The van der Waals surface area contributed by atoms with E-state index in [2.05, 4.69) is 5.32 Å². The van der Waals surface area contributed by atoms with E-state index in [1.54, 1.807) is 19.2 Å². The number of hydrogen-bond acceptors (Lipinski definition) is 6. The monoisotopic (exact) mass is 402 g/mol. The number of imide groups is 1. The lowest BCUT2D eigenvalue weighted by atomic mass is 9.81. The van der Waals surface area contributed by atoms with E-state index in [9.17, 15) is 19.2 Å². The van der Waals surface area contributed by atoms with Crippen LogP contribution >= 0.6 is 0 Å². The Morgan fingerprint density at radius 3 is 2.24 bits per heavy atom. The fourth-order valence-corrected chi connectivity index (χ4v) is 3.88. The van der Waals surface area contributed by atoms with Crippen LogP contribution in [0.1, 0.15) is 38.2 Å². The van der Waals surface area contributed by atoms with Crippen molar-refractivity contribution >= 4 is 23.7 Å². The molecule has 1 aliphatic heterocycles. The third-order valence-corrected chi connectivity index (χ3v) is 5.52. The summed E-state index contributed by atoms with van der Waals surface area (Å²) in [5.41, 5.74) is 0.869. The number of carbonyl (C=O) groups is 4. The minimum atomic E-state index is -1.03. The summed E-state index contributed by atoms with van der Waals surface area (Å²) in [4.78, 5) is 50.2. The van der Waals surface area contributed by atoms with Crippen LogP contribution in [0, 0.1) is 11.8 Å². The molecule has 0 radical (unpaired) electrons. The van der Waals surface area contributed by atoms with Gasteiger partial charge in [-0.2, -0.15) is 0 Å². The summed E-state index contributed by atoms with van der Waals surface area (Å²) in [7, 11) is 1.57. The van der Waals surface area contributed by atoms with E-state index >= 15 is 0 Å². The predicted octanol–water partition coefficient (Wildman–Crippen LogP) is 1.42. The molecule has 1 aromatic carbocycles. The molecule has 1 saturated heterocycles. The van der Waals surface area contributed by atoms with Crippen LogP contribution in [0.4, 0.5) is 0 Å². The Balaban J connectivity index is 1.47. The molecule has 8 nitrogen and oxygen atoms in total. The number of hydrogen-bond donors (Lipinski definition) is 1.